The van der Waals surface area contributed by atoms with Gasteiger partial charge in [0, 0.05) is 6.04 Å². The molecule has 1 aromatic heterocycles. The van der Waals surface area contributed by atoms with E-state index in [0.717, 1.165) is 6.42 Å². The summed E-state index contributed by atoms with van der Waals surface area (Å²) in [5.74, 6) is 0.624. The number of hydrogen-bond donors (Lipinski definition) is 3. The Bertz CT molecular complexity index is 285. The van der Waals surface area contributed by atoms with Gasteiger partial charge in [-0.15, -0.1) is 0 Å². The lowest BCUT2D eigenvalue weighted by atomic mass is 10.2. The zero-order valence-electron chi connectivity index (χ0n) is 9.08. The van der Waals surface area contributed by atoms with Gasteiger partial charge in [-0.3, -0.25) is 9.89 Å². The second kappa shape index (κ2) is 6.13. The minimum absolute atomic E-state index is 0.0355. The molecule has 0 saturated heterocycles. The first-order valence-electron chi connectivity index (χ1n) is 5.06. The first-order chi connectivity index (χ1) is 7.22. The number of amides is 1. The third kappa shape index (κ3) is 4.55. The van der Waals surface area contributed by atoms with E-state index in [1.807, 2.05) is 6.92 Å². The Morgan fingerprint density at radius 2 is 2.47 bits per heavy atom. The van der Waals surface area contributed by atoms with Gasteiger partial charge in [0.25, 0.3) is 0 Å². The molecule has 0 aliphatic rings. The molecule has 0 radical (unpaired) electrons. The Kier molecular flexibility index (Phi) is 4.76. The molecule has 0 saturated carbocycles. The van der Waals surface area contributed by atoms with Gasteiger partial charge in [0.05, 0.1) is 13.1 Å². The molecule has 0 aliphatic heterocycles. The first kappa shape index (κ1) is 11.6. The van der Waals surface area contributed by atoms with Crippen LogP contribution in [-0.2, 0) is 11.3 Å². The van der Waals surface area contributed by atoms with Gasteiger partial charge in [-0.25, -0.2) is 4.98 Å². The summed E-state index contributed by atoms with van der Waals surface area (Å²) in [7, 11) is 0. The van der Waals surface area contributed by atoms with Crippen molar-refractivity contribution >= 4 is 5.91 Å². The predicted molar refractivity (Wildman–Crippen MR) is 56.0 cm³/mol. The molecule has 84 valence electrons. The highest BCUT2D eigenvalue weighted by molar-refractivity contribution is 5.77. The van der Waals surface area contributed by atoms with Crippen molar-refractivity contribution < 1.29 is 4.79 Å². The number of carbonyl (C=O) groups is 1. The van der Waals surface area contributed by atoms with Crippen LogP contribution in [0.5, 0.6) is 0 Å². The maximum absolute atomic E-state index is 11.3. The molecular weight excluding hydrogens is 194 g/mol. The molecule has 1 rings (SSSR count). The Morgan fingerprint density at radius 3 is 3.07 bits per heavy atom. The van der Waals surface area contributed by atoms with Crippen LogP contribution in [0.2, 0.25) is 0 Å². The van der Waals surface area contributed by atoms with Crippen LogP contribution in [0.4, 0.5) is 0 Å². The second-order valence-corrected chi connectivity index (χ2v) is 3.40. The first-order valence-corrected chi connectivity index (χ1v) is 5.06. The lowest BCUT2D eigenvalue weighted by Gasteiger charge is -2.10. The number of aromatic amines is 1. The van der Waals surface area contributed by atoms with E-state index in [1.54, 1.807) is 0 Å². The van der Waals surface area contributed by atoms with E-state index in [2.05, 4.69) is 32.7 Å². The normalized spacial score (nSPS) is 12.4. The Hall–Kier alpha value is -1.43. The van der Waals surface area contributed by atoms with Crippen molar-refractivity contribution in [2.45, 2.75) is 32.9 Å². The third-order valence-corrected chi connectivity index (χ3v) is 2.14. The standard InChI is InChI=1S/C9H17N5O/c1-3-7(2)10-5-9(15)11-4-8-12-6-13-14-8/h6-7,10H,3-5H2,1-2H3,(H,11,15)(H,12,13,14). The van der Waals surface area contributed by atoms with Crippen LogP contribution >= 0.6 is 0 Å². The minimum Gasteiger partial charge on any atom is -0.348 e. The van der Waals surface area contributed by atoms with Crippen molar-refractivity contribution in [1.29, 1.82) is 0 Å². The molecule has 1 atom stereocenters. The van der Waals surface area contributed by atoms with E-state index >= 15 is 0 Å². The third-order valence-electron chi connectivity index (χ3n) is 2.14. The predicted octanol–water partition coefficient (Wildman–Crippen LogP) is -0.191. The average Bonchev–Trinajstić information content (AvgIpc) is 2.75. The van der Waals surface area contributed by atoms with E-state index in [1.165, 1.54) is 6.33 Å². The Morgan fingerprint density at radius 1 is 1.67 bits per heavy atom. The van der Waals surface area contributed by atoms with Crippen LogP contribution in [-0.4, -0.2) is 33.7 Å². The number of rotatable bonds is 6. The second-order valence-electron chi connectivity index (χ2n) is 3.40. The van der Waals surface area contributed by atoms with Crippen LogP contribution in [0.1, 0.15) is 26.1 Å². The van der Waals surface area contributed by atoms with Crippen molar-refractivity contribution in [2.24, 2.45) is 0 Å². The molecule has 1 aromatic rings. The number of carbonyl (C=O) groups excluding carboxylic acids is 1. The van der Waals surface area contributed by atoms with Gasteiger partial charge >= 0.3 is 0 Å². The Labute approximate surface area is 88.9 Å². The summed E-state index contributed by atoms with van der Waals surface area (Å²) in [6, 6.07) is 0.362. The largest absolute Gasteiger partial charge is 0.348 e. The van der Waals surface area contributed by atoms with Crippen LogP contribution in [0.15, 0.2) is 6.33 Å². The van der Waals surface area contributed by atoms with E-state index in [0.29, 0.717) is 25.0 Å². The van der Waals surface area contributed by atoms with Gasteiger partial charge in [0.2, 0.25) is 5.91 Å². The van der Waals surface area contributed by atoms with E-state index in [-0.39, 0.29) is 5.91 Å². The van der Waals surface area contributed by atoms with Gasteiger partial charge in [0.1, 0.15) is 12.2 Å². The Balaban J connectivity index is 2.14. The molecule has 0 fully saturated rings. The summed E-state index contributed by atoms with van der Waals surface area (Å²) in [5, 5.41) is 12.2. The van der Waals surface area contributed by atoms with Crippen LogP contribution in [0, 0.1) is 0 Å². The quantitative estimate of drug-likeness (QED) is 0.609. The zero-order chi connectivity index (χ0) is 11.1. The summed E-state index contributed by atoms with van der Waals surface area (Å²) >= 11 is 0. The van der Waals surface area contributed by atoms with Gasteiger partial charge in [0.15, 0.2) is 0 Å². The number of aromatic nitrogens is 3. The highest BCUT2D eigenvalue weighted by atomic mass is 16.1. The summed E-state index contributed by atoms with van der Waals surface area (Å²) in [4.78, 5) is 15.2. The van der Waals surface area contributed by atoms with Crippen LogP contribution < -0.4 is 10.6 Å². The van der Waals surface area contributed by atoms with Crippen LogP contribution in [0.25, 0.3) is 0 Å². The van der Waals surface area contributed by atoms with Gasteiger partial charge in [-0.2, -0.15) is 5.10 Å². The summed E-state index contributed by atoms with van der Waals surface area (Å²) in [6.45, 7) is 4.85. The maximum Gasteiger partial charge on any atom is 0.234 e. The molecule has 0 aliphatic carbocycles. The molecule has 3 N–H and O–H groups in total. The molecule has 1 unspecified atom stereocenters. The molecule has 0 aromatic carbocycles. The lowest BCUT2D eigenvalue weighted by Crippen LogP contribution is -2.37. The smallest absolute Gasteiger partial charge is 0.234 e. The van der Waals surface area contributed by atoms with E-state index < -0.39 is 0 Å². The molecular formula is C9H17N5O. The number of hydrogen-bond acceptors (Lipinski definition) is 4. The summed E-state index contributed by atoms with van der Waals surface area (Å²) in [5.41, 5.74) is 0. The highest BCUT2D eigenvalue weighted by Gasteiger charge is 2.04. The van der Waals surface area contributed by atoms with Gasteiger partial charge in [-0.05, 0) is 13.3 Å². The molecule has 1 amide bonds. The topological polar surface area (TPSA) is 82.7 Å². The zero-order valence-corrected chi connectivity index (χ0v) is 9.08. The van der Waals surface area contributed by atoms with Gasteiger partial charge < -0.3 is 10.6 Å². The summed E-state index contributed by atoms with van der Waals surface area (Å²) < 4.78 is 0. The van der Waals surface area contributed by atoms with Crippen molar-refractivity contribution in [2.75, 3.05) is 6.54 Å². The fraction of sp³-hybridized carbons (Fsp3) is 0.667. The van der Waals surface area contributed by atoms with Crippen LogP contribution in [0.3, 0.4) is 0 Å². The number of nitrogens with one attached hydrogen (secondary N) is 3. The minimum atomic E-state index is -0.0355. The SMILES string of the molecule is CCC(C)NCC(=O)NCc1ncn[nH]1. The van der Waals surface area contributed by atoms with E-state index in [9.17, 15) is 4.79 Å². The van der Waals surface area contributed by atoms with Crippen molar-refractivity contribution in [3.8, 4) is 0 Å². The average molecular weight is 211 g/mol. The number of H-pyrrole nitrogens is 1. The van der Waals surface area contributed by atoms with Crippen molar-refractivity contribution in [3.63, 3.8) is 0 Å². The molecule has 0 spiro atoms. The molecule has 0 bridgehead atoms. The molecule has 6 nitrogen and oxygen atoms in total. The van der Waals surface area contributed by atoms with E-state index in [4.69, 9.17) is 0 Å². The highest BCUT2D eigenvalue weighted by Crippen LogP contribution is 1.87. The van der Waals surface area contributed by atoms with Crippen molar-refractivity contribution in [3.05, 3.63) is 12.2 Å². The van der Waals surface area contributed by atoms with Gasteiger partial charge in [-0.1, -0.05) is 6.92 Å². The fourth-order valence-electron chi connectivity index (χ4n) is 0.972. The molecule has 1 heterocycles. The fourth-order valence-corrected chi connectivity index (χ4v) is 0.972. The monoisotopic (exact) mass is 211 g/mol. The molecule has 15 heavy (non-hydrogen) atoms. The maximum atomic E-state index is 11.3. The van der Waals surface area contributed by atoms with Crippen molar-refractivity contribution in [1.82, 2.24) is 25.8 Å². The number of nitrogens with zero attached hydrogens (tertiary/aromatic N) is 2. The lowest BCUT2D eigenvalue weighted by molar-refractivity contribution is -0.120. The summed E-state index contributed by atoms with van der Waals surface area (Å²) in [6.07, 6.45) is 2.42. The molecule has 6 heteroatoms.